The van der Waals surface area contributed by atoms with E-state index in [1.165, 1.54) is 12.8 Å². The Morgan fingerprint density at radius 2 is 2.10 bits per heavy atom. The molecule has 0 bridgehead atoms. The fourth-order valence-corrected chi connectivity index (χ4v) is 2.30. The normalized spacial score (nSPS) is 16.1. The molecule has 1 heterocycles. The molecule has 0 radical (unpaired) electrons. The van der Waals surface area contributed by atoms with Crippen LogP contribution in [0.5, 0.6) is 0 Å². The van der Waals surface area contributed by atoms with Gasteiger partial charge >= 0.3 is 0 Å². The molecule has 5 heteroatoms. The number of H-pyrrole nitrogens is 1. The maximum Gasteiger partial charge on any atom is 0.153 e. The van der Waals surface area contributed by atoms with Crippen LogP contribution in [0, 0.1) is 0 Å². The SMILES string of the molecule is CC(O)CN(Cc1nc(C2CC2)n[nH]1)c1ccccc1. The summed E-state index contributed by atoms with van der Waals surface area (Å²) in [7, 11) is 0. The predicted octanol–water partition coefficient (Wildman–Crippen LogP) is 2.07. The molecule has 2 N–H and O–H groups in total. The zero-order chi connectivity index (χ0) is 13.9. The van der Waals surface area contributed by atoms with Gasteiger partial charge in [-0.2, -0.15) is 5.10 Å². The molecule has 1 aliphatic rings. The first-order valence-corrected chi connectivity index (χ1v) is 7.11. The summed E-state index contributed by atoms with van der Waals surface area (Å²) in [4.78, 5) is 6.67. The highest BCUT2D eigenvalue weighted by Gasteiger charge is 2.27. The number of aliphatic hydroxyl groups is 1. The van der Waals surface area contributed by atoms with Gasteiger partial charge in [0.2, 0.25) is 0 Å². The van der Waals surface area contributed by atoms with Crippen molar-refractivity contribution in [3.05, 3.63) is 42.0 Å². The first-order chi connectivity index (χ1) is 9.72. The van der Waals surface area contributed by atoms with E-state index >= 15 is 0 Å². The van der Waals surface area contributed by atoms with Crippen molar-refractivity contribution in [1.82, 2.24) is 15.2 Å². The standard InChI is InChI=1S/C15H20N4O/c1-11(20)9-19(13-5-3-2-4-6-13)10-14-16-15(18-17-14)12-7-8-12/h2-6,11-12,20H,7-10H2,1H3,(H,16,17,18). The van der Waals surface area contributed by atoms with E-state index in [2.05, 4.69) is 20.1 Å². The third kappa shape index (κ3) is 3.17. The molecular weight excluding hydrogens is 252 g/mol. The molecule has 1 aromatic heterocycles. The smallest absolute Gasteiger partial charge is 0.153 e. The van der Waals surface area contributed by atoms with Crippen molar-refractivity contribution in [2.45, 2.75) is 38.3 Å². The molecule has 1 saturated carbocycles. The fourth-order valence-electron chi connectivity index (χ4n) is 2.30. The van der Waals surface area contributed by atoms with Gasteiger partial charge in [-0.3, -0.25) is 5.10 Å². The second-order valence-corrected chi connectivity index (χ2v) is 5.48. The summed E-state index contributed by atoms with van der Waals surface area (Å²) < 4.78 is 0. The quantitative estimate of drug-likeness (QED) is 0.845. The van der Waals surface area contributed by atoms with Gasteiger partial charge in [0, 0.05) is 18.2 Å². The highest BCUT2D eigenvalue weighted by atomic mass is 16.3. The lowest BCUT2D eigenvalue weighted by Crippen LogP contribution is -2.30. The Labute approximate surface area is 118 Å². The van der Waals surface area contributed by atoms with Gasteiger partial charge in [0.15, 0.2) is 5.82 Å². The molecule has 1 aromatic carbocycles. The number of benzene rings is 1. The number of nitrogens with zero attached hydrogens (tertiary/aromatic N) is 3. The van der Waals surface area contributed by atoms with Crippen LogP contribution in [0.4, 0.5) is 5.69 Å². The molecular formula is C15H20N4O. The van der Waals surface area contributed by atoms with Crippen molar-refractivity contribution in [2.24, 2.45) is 0 Å². The Bertz CT molecular complexity index is 548. The number of rotatable bonds is 6. The average molecular weight is 272 g/mol. The van der Waals surface area contributed by atoms with Crippen LogP contribution in [0.3, 0.4) is 0 Å². The van der Waals surface area contributed by atoms with Gasteiger partial charge in [-0.05, 0) is 31.9 Å². The van der Waals surface area contributed by atoms with E-state index in [9.17, 15) is 5.11 Å². The number of para-hydroxylation sites is 1. The highest BCUT2D eigenvalue weighted by molar-refractivity contribution is 5.46. The molecule has 1 fully saturated rings. The summed E-state index contributed by atoms with van der Waals surface area (Å²) in [5.74, 6) is 2.35. The summed E-state index contributed by atoms with van der Waals surface area (Å²) in [5, 5.41) is 17.0. The number of aromatic nitrogens is 3. The topological polar surface area (TPSA) is 65.0 Å². The summed E-state index contributed by atoms with van der Waals surface area (Å²) in [6, 6.07) is 10.1. The summed E-state index contributed by atoms with van der Waals surface area (Å²) in [6.45, 7) is 3.00. The van der Waals surface area contributed by atoms with Gasteiger partial charge in [0.25, 0.3) is 0 Å². The van der Waals surface area contributed by atoms with E-state index in [4.69, 9.17) is 0 Å². The van der Waals surface area contributed by atoms with Crippen LogP contribution in [0.25, 0.3) is 0 Å². The molecule has 3 rings (SSSR count). The Morgan fingerprint density at radius 3 is 2.75 bits per heavy atom. The van der Waals surface area contributed by atoms with Gasteiger partial charge in [0.05, 0.1) is 12.6 Å². The summed E-state index contributed by atoms with van der Waals surface area (Å²) in [6.07, 6.45) is 2.02. The van der Waals surface area contributed by atoms with Gasteiger partial charge in [-0.1, -0.05) is 18.2 Å². The maximum atomic E-state index is 9.68. The van der Waals surface area contributed by atoms with Crippen LogP contribution in [0.1, 0.15) is 37.3 Å². The monoisotopic (exact) mass is 272 g/mol. The van der Waals surface area contributed by atoms with Crippen molar-refractivity contribution in [3.63, 3.8) is 0 Å². The first kappa shape index (κ1) is 13.1. The lowest BCUT2D eigenvalue weighted by molar-refractivity contribution is 0.199. The third-order valence-electron chi connectivity index (χ3n) is 3.44. The van der Waals surface area contributed by atoms with Gasteiger partial charge in [-0.15, -0.1) is 0 Å². The molecule has 106 valence electrons. The minimum absolute atomic E-state index is 0.388. The third-order valence-corrected chi connectivity index (χ3v) is 3.44. The first-order valence-electron chi connectivity index (χ1n) is 7.11. The van der Waals surface area contributed by atoms with Gasteiger partial charge in [-0.25, -0.2) is 4.98 Å². The lowest BCUT2D eigenvalue weighted by atomic mass is 10.2. The van der Waals surface area contributed by atoms with E-state index < -0.39 is 0 Å². The number of aromatic amines is 1. The number of hydrogen-bond acceptors (Lipinski definition) is 4. The molecule has 1 unspecified atom stereocenters. The molecule has 0 aliphatic heterocycles. The Balaban J connectivity index is 1.74. The second kappa shape index (κ2) is 5.63. The van der Waals surface area contributed by atoms with Crippen LogP contribution >= 0.6 is 0 Å². The number of aliphatic hydroxyl groups excluding tert-OH is 1. The molecule has 20 heavy (non-hydrogen) atoms. The molecule has 1 aliphatic carbocycles. The lowest BCUT2D eigenvalue weighted by Gasteiger charge is -2.25. The number of anilines is 1. The molecule has 2 aromatic rings. The maximum absolute atomic E-state index is 9.68. The summed E-state index contributed by atoms with van der Waals surface area (Å²) in [5.41, 5.74) is 1.08. The Morgan fingerprint density at radius 1 is 1.35 bits per heavy atom. The van der Waals surface area contributed by atoms with Crippen LogP contribution in [0.15, 0.2) is 30.3 Å². The average Bonchev–Trinajstić information content (AvgIpc) is 3.19. The van der Waals surface area contributed by atoms with Crippen LogP contribution < -0.4 is 4.90 Å². The van der Waals surface area contributed by atoms with Crippen molar-refractivity contribution < 1.29 is 5.11 Å². The van der Waals surface area contributed by atoms with Crippen molar-refractivity contribution in [1.29, 1.82) is 0 Å². The second-order valence-electron chi connectivity index (χ2n) is 5.48. The van der Waals surface area contributed by atoms with E-state index in [1.807, 2.05) is 30.3 Å². The molecule has 5 nitrogen and oxygen atoms in total. The molecule has 0 spiro atoms. The van der Waals surface area contributed by atoms with Crippen molar-refractivity contribution >= 4 is 5.69 Å². The zero-order valence-electron chi connectivity index (χ0n) is 11.7. The van der Waals surface area contributed by atoms with Crippen molar-refractivity contribution in [2.75, 3.05) is 11.4 Å². The van der Waals surface area contributed by atoms with Gasteiger partial charge in [0.1, 0.15) is 5.82 Å². The van der Waals surface area contributed by atoms with Gasteiger partial charge < -0.3 is 10.0 Å². The van der Waals surface area contributed by atoms with E-state index in [0.29, 0.717) is 19.0 Å². The van der Waals surface area contributed by atoms with Crippen LogP contribution in [0.2, 0.25) is 0 Å². The van der Waals surface area contributed by atoms with Crippen molar-refractivity contribution in [3.8, 4) is 0 Å². The van der Waals surface area contributed by atoms with E-state index in [0.717, 1.165) is 17.3 Å². The predicted molar refractivity (Wildman–Crippen MR) is 77.5 cm³/mol. The van der Waals surface area contributed by atoms with E-state index in [1.54, 1.807) is 6.92 Å². The Hall–Kier alpha value is -1.88. The Kier molecular flexibility index (Phi) is 3.69. The molecule has 0 saturated heterocycles. The van der Waals surface area contributed by atoms with Crippen LogP contribution in [-0.4, -0.2) is 32.9 Å². The molecule has 0 amide bonds. The number of nitrogens with one attached hydrogen (secondary N) is 1. The minimum atomic E-state index is -0.388. The van der Waals surface area contributed by atoms with E-state index in [-0.39, 0.29) is 6.10 Å². The van der Waals surface area contributed by atoms with Crippen LogP contribution in [-0.2, 0) is 6.54 Å². The fraction of sp³-hybridized carbons (Fsp3) is 0.467. The summed E-state index contributed by atoms with van der Waals surface area (Å²) >= 11 is 0. The largest absolute Gasteiger partial charge is 0.392 e. The highest BCUT2D eigenvalue weighted by Crippen LogP contribution is 2.37. The number of hydrogen-bond donors (Lipinski definition) is 2. The zero-order valence-corrected chi connectivity index (χ0v) is 11.7. The minimum Gasteiger partial charge on any atom is -0.392 e. The molecule has 1 atom stereocenters.